The van der Waals surface area contributed by atoms with Gasteiger partial charge in [-0.2, -0.15) is 11.8 Å². The molecule has 0 bridgehead atoms. The van der Waals surface area contributed by atoms with Crippen molar-refractivity contribution < 1.29 is 0 Å². The van der Waals surface area contributed by atoms with E-state index in [0.717, 1.165) is 24.5 Å². The average Bonchev–Trinajstić information content (AvgIpc) is 2.45. The van der Waals surface area contributed by atoms with Crippen LogP contribution in [-0.2, 0) is 0 Å². The van der Waals surface area contributed by atoms with Gasteiger partial charge in [-0.3, -0.25) is 0 Å². The Morgan fingerprint density at radius 2 is 2.05 bits per heavy atom. The fraction of sp³-hybridized carbons (Fsp3) is 0.600. The summed E-state index contributed by atoms with van der Waals surface area (Å²) in [5.41, 5.74) is 1.23. The molecule has 1 aromatic carbocycles. The molecule has 1 N–H and O–H groups in total. The van der Waals surface area contributed by atoms with Crippen LogP contribution >= 0.6 is 23.4 Å². The number of thioether (sulfide) groups is 1. The minimum Gasteiger partial charge on any atom is -0.310 e. The van der Waals surface area contributed by atoms with Gasteiger partial charge in [0.1, 0.15) is 0 Å². The average molecular weight is 299 g/mol. The molecule has 4 heteroatoms. The van der Waals surface area contributed by atoms with E-state index in [1.807, 2.05) is 12.1 Å². The van der Waals surface area contributed by atoms with Crippen molar-refractivity contribution >= 4 is 23.4 Å². The normalized spacial score (nSPS) is 18.4. The topological polar surface area (TPSA) is 15.3 Å². The molecule has 0 radical (unpaired) electrons. The van der Waals surface area contributed by atoms with Crippen molar-refractivity contribution in [2.45, 2.75) is 19.4 Å². The van der Waals surface area contributed by atoms with Crippen molar-refractivity contribution in [3.63, 3.8) is 0 Å². The van der Waals surface area contributed by atoms with Crippen LogP contribution in [0.1, 0.15) is 24.9 Å². The van der Waals surface area contributed by atoms with Gasteiger partial charge in [0, 0.05) is 42.2 Å². The number of halogens is 1. The summed E-state index contributed by atoms with van der Waals surface area (Å²) < 4.78 is 0. The Morgan fingerprint density at radius 1 is 1.32 bits per heavy atom. The summed E-state index contributed by atoms with van der Waals surface area (Å²) in [6.45, 7) is 6.74. The Labute approximate surface area is 125 Å². The molecule has 1 fully saturated rings. The highest BCUT2D eigenvalue weighted by Gasteiger charge is 2.16. The summed E-state index contributed by atoms with van der Waals surface area (Å²) in [5.74, 6) is 2.55. The second-order valence-corrected chi connectivity index (χ2v) is 6.51. The lowest BCUT2D eigenvalue weighted by Gasteiger charge is -2.28. The molecule has 0 saturated carbocycles. The molecule has 106 valence electrons. The fourth-order valence-corrected chi connectivity index (χ4v) is 3.75. The highest BCUT2D eigenvalue weighted by molar-refractivity contribution is 7.99. The number of hydrogen-bond acceptors (Lipinski definition) is 3. The van der Waals surface area contributed by atoms with Gasteiger partial charge < -0.3 is 10.2 Å². The first-order valence-corrected chi connectivity index (χ1v) is 8.62. The summed E-state index contributed by atoms with van der Waals surface area (Å²) in [7, 11) is 0. The van der Waals surface area contributed by atoms with Gasteiger partial charge in [-0.25, -0.2) is 0 Å². The van der Waals surface area contributed by atoms with Crippen LogP contribution in [0.2, 0.25) is 5.02 Å². The number of nitrogens with one attached hydrogen (secondary N) is 1. The third-order valence-corrected chi connectivity index (χ3v) is 4.86. The van der Waals surface area contributed by atoms with Crippen LogP contribution in [0.25, 0.3) is 0 Å². The second-order valence-electron chi connectivity index (χ2n) is 4.87. The Kier molecular flexibility index (Phi) is 6.51. The van der Waals surface area contributed by atoms with Crippen LogP contribution in [0.4, 0.5) is 0 Å². The predicted octanol–water partition coefficient (Wildman–Crippen LogP) is 3.43. The van der Waals surface area contributed by atoms with E-state index in [0.29, 0.717) is 6.04 Å². The van der Waals surface area contributed by atoms with E-state index in [-0.39, 0.29) is 0 Å². The highest BCUT2D eigenvalue weighted by Crippen LogP contribution is 2.25. The Morgan fingerprint density at radius 3 is 2.74 bits per heavy atom. The molecule has 0 aliphatic carbocycles. The SMILES string of the molecule is CCNC(CCN1CCSCC1)c1ccccc1Cl. The summed E-state index contributed by atoms with van der Waals surface area (Å²) >= 11 is 8.38. The zero-order valence-electron chi connectivity index (χ0n) is 11.6. The maximum absolute atomic E-state index is 6.32. The molecule has 1 unspecified atom stereocenters. The molecule has 0 aromatic heterocycles. The van der Waals surface area contributed by atoms with E-state index >= 15 is 0 Å². The molecule has 1 atom stereocenters. The smallest absolute Gasteiger partial charge is 0.0453 e. The van der Waals surface area contributed by atoms with Crippen molar-refractivity contribution in [1.82, 2.24) is 10.2 Å². The van der Waals surface area contributed by atoms with E-state index in [4.69, 9.17) is 11.6 Å². The Hall–Kier alpha value is -0.220. The molecule has 1 aromatic rings. The van der Waals surface area contributed by atoms with Gasteiger partial charge in [-0.05, 0) is 24.6 Å². The summed E-state index contributed by atoms with van der Waals surface area (Å²) in [4.78, 5) is 2.57. The molecule has 1 heterocycles. The molecular weight excluding hydrogens is 276 g/mol. The summed E-state index contributed by atoms with van der Waals surface area (Å²) in [6, 6.07) is 8.56. The van der Waals surface area contributed by atoms with Crippen molar-refractivity contribution in [2.75, 3.05) is 37.7 Å². The number of benzene rings is 1. The third-order valence-electron chi connectivity index (χ3n) is 3.57. The zero-order valence-corrected chi connectivity index (χ0v) is 13.1. The fourth-order valence-electron chi connectivity index (χ4n) is 2.51. The second kappa shape index (κ2) is 8.15. The zero-order chi connectivity index (χ0) is 13.5. The minimum absolute atomic E-state index is 0.369. The maximum atomic E-state index is 6.32. The minimum atomic E-state index is 0.369. The number of hydrogen-bond donors (Lipinski definition) is 1. The van der Waals surface area contributed by atoms with Crippen LogP contribution in [-0.4, -0.2) is 42.6 Å². The lowest BCUT2D eigenvalue weighted by atomic mass is 10.0. The molecule has 0 amide bonds. The van der Waals surface area contributed by atoms with E-state index in [1.165, 1.54) is 30.2 Å². The Balaban J connectivity index is 1.94. The summed E-state index contributed by atoms with van der Waals surface area (Å²) in [6.07, 6.45) is 1.13. The van der Waals surface area contributed by atoms with Gasteiger partial charge in [-0.1, -0.05) is 36.7 Å². The van der Waals surface area contributed by atoms with E-state index in [9.17, 15) is 0 Å². The standard InChI is InChI=1S/C15H23ClN2S/c1-2-17-15(13-5-3-4-6-14(13)16)7-8-18-9-11-19-12-10-18/h3-6,15,17H,2,7-12H2,1H3. The van der Waals surface area contributed by atoms with Gasteiger partial charge in [0.2, 0.25) is 0 Å². The monoisotopic (exact) mass is 298 g/mol. The van der Waals surface area contributed by atoms with Crippen molar-refractivity contribution in [3.05, 3.63) is 34.9 Å². The van der Waals surface area contributed by atoms with Crippen LogP contribution in [0.3, 0.4) is 0 Å². The highest BCUT2D eigenvalue weighted by atomic mass is 35.5. The van der Waals surface area contributed by atoms with Gasteiger partial charge in [-0.15, -0.1) is 0 Å². The van der Waals surface area contributed by atoms with Crippen LogP contribution in [0, 0.1) is 0 Å². The largest absolute Gasteiger partial charge is 0.310 e. The number of nitrogens with zero attached hydrogens (tertiary/aromatic N) is 1. The van der Waals surface area contributed by atoms with Gasteiger partial charge in [0.25, 0.3) is 0 Å². The first-order valence-electron chi connectivity index (χ1n) is 7.09. The first kappa shape index (κ1) is 15.2. The molecule has 2 rings (SSSR count). The number of rotatable bonds is 6. The molecule has 1 aliphatic heterocycles. The lowest BCUT2D eigenvalue weighted by Crippen LogP contribution is -2.35. The van der Waals surface area contributed by atoms with Crippen LogP contribution in [0.5, 0.6) is 0 Å². The predicted molar refractivity (Wildman–Crippen MR) is 86.3 cm³/mol. The van der Waals surface area contributed by atoms with E-state index in [2.05, 4.69) is 41.0 Å². The third kappa shape index (κ3) is 4.67. The van der Waals surface area contributed by atoms with Crippen LogP contribution < -0.4 is 5.32 Å². The van der Waals surface area contributed by atoms with Crippen molar-refractivity contribution in [3.8, 4) is 0 Å². The molecule has 19 heavy (non-hydrogen) atoms. The van der Waals surface area contributed by atoms with Crippen molar-refractivity contribution in [1.29, 1.82) is 0 Å². The quantitative estimate of drug-likeness (QED) is 0.866. The molecule has 2 nitrogen and oxygen atoms in total. The van der Waals surface area contributed by atoms with Gasteiger partial charge >= 0.3 is 0 Å². The first-order chi connectivity index (χ1) is 9.31. The van der Waals surface area contributed by atoms with E-state index < -0.39 is 0 Å². The van der Waals surface area contributed by atoms with Crippen LogP contribution in [0.15, 0.2) is 24.3 Å². The molecular formula is C15H23ClN2S. The summed E-state index contributed by atoms with van der Waals surface area (Å²) in [5, 5.41) is 4.44. The maximum Gasteiger partial charge on any atom is 0.0453 e. The van der Waals surface area contributed by atoms with Crippen molar-refractivity contribution in [2.24, 2.45) is 0 Å². The van der Waals surface area contributed by atoms with Gasteiger partial charge in [0.05, 0.1) is 0 Å². The van der Waals surface area contributed by atoms with Gasteiger partial charge in [0.15, 0.2) is 0 Å². The van der Waals surface area contributed by atoms with E-state index in [1.54, 1.807) is 0 Å². The molecule has 0 spiro atoms. The Bertz CT molecular complexity index is 380. The molecule has 1 aliphatic rings. The lowest BCUT2D eigenvalue weighted by molar-refractivity contribution is 0.281. The molecule has 1 saturated heterocycles.